The fourth-order valence-corrected chi connectivity index (χ4v) is 4.59. The Kier molecular flexibility index (Phi) is 8.50. The Hall–Kier alpha value is -0.900. The normalized spacial score (nSPS) is 47.6. The molecule has 11 N–H and O–H groups in total. The number of nitrogens with two attached hydrogens (primary N) is 3. The minimum absolute atomic E-state index is 0.0664. The van der Waals surface area contributed by atoms with Crippen LogP contribution in [0.3, 0.4) is 0 Å². The number of nitrogens with one attached hydrogen (secondary N) is 2. The molecular formula is C20H39N5O7. The lowest BCUT2D eigenvalue weighted by Gasteiger charge is -2.48. The highest BCUT2D eigenvalue weighted by atomic mass is 16.7. The van der Waals surface area contributed by atoms with E-state index in [1.54, 1.807) is 21.0 Å². The standard InChI is InChI=1S/C20H39N5O7/c1-20(28)8-29-19(14(27)17(20)25-3)32-16-12(23)6-11(22)15(13(16)26)31-18-10(21)5-4-9(30-18)7-24-2/h4,10-19,24-28H,5-8,21-23H2,1-3H3/t10-,11+,12-,13?,14-,15-,16+,17-,18-,19-,20+/m1/s1. The molecular weight excluding hydrogens is 422 g/mol. The Morgan fingerprint density at radius 1 is 1.06 bits per heavy atom. The van der Waals surface area contributed by atoms with Crippen molar-refractivity contribution in [1.82, 2.24) is 10.6 Å². The Labute approximate surface area is 188 Å². The van der Waals surface area contributed by atoms with Crippen LogP contribution in [-0.4, -0.2) is 109 Å². The summed E-state index contributed by atoms with van der Waals surface area (Å²) in [4.78, 5) is 0. The molecule has 0 aromatic heterocycles. The maximum absolute atomic E-state index is 11.1. The summed E-state index contributed by atoms with van der Waals surface area (Å²) in [6, 6.07) is -2.31. The van der Waals surface area contributed by atoms with Crippen LogP contribution in [0.1, 0.15) is 19.8 Å². The molecule has 3 aliphatic rings. The average molecular weight is 462 g/mol. The van der Waals surface area contributed by atoms with Gasteiger partial charge in [-0.3, -0.25) is 0 Å². The van der Waals surface area contributed by atoms with E-state index in [4.69, 9.17) is 36.1 Å². The van der Waals surface area contributed by atoms with Gasteiger partial charge in [0.05, 0.1) is 25.2 Å². The lowest BCUT2D eigenvalue weighted by molar-refractivity contribution is -0.303. The molecule has 2 aliphatic heterocycles. The summed E-state index contributed by atoms with van der Waals surface area (Å²) in [6.45, 7) is 2.01. The first-order valence-corrected chi connectivity index (χ1v) is 11.0. The third kappa shape index (κ3) is 5.42. The summed E-state index contributed by atoms with van der Waals surface area (Å²) in [6.07, 6.45) is -3.31. The van der Waals surface area contributed by atoms with Gasteiger partial charge in [-0.15, -0.1) is 0 Å². The quantitative estimate of drug-likeness (QED) is 0.186. The third-order valence-electron chi connectivity index (χ3n) is 6.37. The minimum Gasteiger partial charge on any atom is -0.467 e. The number of hydrogen-bond donors (Lipinski definition) is 8. The summed E-state index contributed by atoms with van der Waals surface area (Å²) in [5.41, 5.74) is 17.3. The second-order valence-corrected chi connectivity index (χ2v) is 9.14. The van der Waals surface area contributed by atoms with Gasteiger partial charge in [-0.05, 0) is 39.9 Å². The summed E-state index contributed by atoms with van der Waals surface area (Å²) >= 11 is 0. The van der Waals surface area contributed by atoms with Crippen molar-refractivity contribution >= 4 is 0 Å². The van der Waals surface area contributed by atoms with Gasteiger partial charge in [0.15, 0.2) is 6.29 Å². The molecule has 11 atom stereocenters. The van der Waals surface area contributed by atoms with Crippen LogP contribution in [0.5, 0.6) is 0 Å². The molecule has 12 heteroatoms. The van der Waals surface area contributed by atoms with E-state index in [1.165, 1.54) is 0 Å². The van der Waals surface area contributed by atoms with Crippen LogP contribution in [-0.2, 0) is 18.9 Å². The Morgan fingerprint density at radius 2 is 1.69 bits per heavy atom. The largest absolute Gasteiger partial charge is 0.467 e. The molecule has 0 bridgehead atoms. The van der Waals surface area contributed by atoms with Crippen molar-refractivity contribution in [2.24, 2.45) is 17.2 Å². The molecule has 2 heterocycles. The maximum atomic E-state index is 11.1. The van der Waals surface area contributed by atoms with Gasteiger partial charge in [-0.2, -0.15) is 0 Å². The smallest absolute Gasteiger partial charge is 0.215 e. The van der Waals surface area contributed by atoms with Gasteiger partial charge in [0.1, 0.15) is 35.8 Å². The average Bonchev–Trinajstić information content (AvgIpc) is 2.72. The molecule has 1 saturated heterocycles. The van der Waals surface area contributed by atoms with Gasteiger partial charge in [0, 0.05) is 12.1 Å². The zero-order valence-corrected chi connectivity index (χ0v) is 18.9. The van der Waals surface area contributed by atoms with Crippen LogP contribution in [0.2, 0.25) is 0 Å². The lowest BCUT2D eigenvalue weighted by atomic mass is 9.84. The molecule has 0 aromatic rings. The molecule has 12 nitrogen and oxygen atoms in total. The second-order valence-electron chi connectivity index (χ2n) is 9.14. The molecule has 0 aromatic carbocycles. The molecule has 1 aliphatic carbocycles. The summed E-state index contributed by atoms with van der Waals surface area (Å²) in [7, 11) is 3.43. The predicted octanol–water partition coefficient (Wildman–Crippen LogP) is -3.59. The molecule has 1 unspecified atom stereocenters. The SMILES string of the molecule is CNCC1=CC[C@@H](N)[C@@H](O[C@H]2C(O)[C@@H](O[C@H]3OC[C@](C)(O)[C@H](NC)[C@H]3O)[C@H](N)C[C@@H]2N)O1. The summed E-state index contributed by atoms with van der Waals surface area (Å²) in [5.74, 6) is 0.700. The van der Waals surface area contributed by atoms with Crippen molar-refractivity contribution < 1.29 is 34.3 Å². The fraction of sp³-hybridized carbons (Fsp3) is 0.900. The van der Waals surface area contributed by atoms with Crippen LogP contribution in [0, 0.1) is 0 Å². The zero-order chi connectivity index (χ0) is 23.6. The van der Waals surface area contributed by atoms with Crippen molar-refractivity contribution in [3.8, 4) is 0 Å². The molecule has 186 valence electrons. The molecule has 0 spiro atoms. The molecule has 3 rings (SSSR count). The van der Waals surface area contributed by atoms with E-state index in [9.17, 15) is 15.3 Å². The van der Waals surface area contributed by atoms with E-state index >= 15 is 0 Å². The Balaban J connectivity index is 1.68. The number of ether oxygens (including phenoxy) is 4. The highest BCUT2D eigenvalue weighted by Gasteiger charge is 2.50. The van der Waals surface area contributed by atoms with Gasteiger partial charge < -0.3 is 62.1 Å². The molecule has 0 radical (unpaired) electrons. The molecule has 1 saturated carbocycles. The van der Waals surface area contributed by atoms with Crippen molar-refractivity contribution in [3.05, 3.63) is 11.8 Å². The molecule has 0 amide bonds. The van der Waals surface area contributed by atoms with Crippen LogP contribution >= 0.6 is 0 Å². The van der Waals surface area contributed by atoms with Gasteiger partial charge >= 0.3 is 0 Å². The van der Waals surface area contributed by atoms with Crippen molar-refractivity contribution in [2.45, 2.75) is 86.5 Å². The first-order chi connectivity index (χ1) is 15.1. The second kappa shape index (κ2) is 10.6. The number of aliphatic hydroxyl groups excluding tert-OH is 2. The van der Waals surface area contributed by atoms with Crippen LogP contribution in [0.15, 0.2) is 11.8 Å². The van der Waals surface area contributed by atoms with Crippen molar-refractivity contribution in [2.75, 3.05) is 27.2 Å². The first kappa shape index (κ1) is 25.7. The van der Waals surface area contributed by atoms with E-state index in [-0.39, 0.29) is 6.61 Å². The number of aliphatic hydroxyl groups is 3. The highest BCUT2D eigenvalue weighted by Crippen LogP contribution is 2.31. The topological polar surface area (TPSA) is 200 Å². The number of hydrogen-bond acceptors (Lipinski definition) is 12. The number of rotatable bonds is 7. The highest BCUT2D eigenvalue weighted by molar-refractivity contribution is 5.04. The number of likely N-dealkylation sites (N-methyl/N-ethyl adjacent to an activating group) is 2. The van der Waals surface area contributed by atoms with E-state index in [1.807, 2.05) is 6.08 Å². The molecule has 32 heavy (non-hydrogen) atoms. The van der Waals surface area contributed by atoms with Crippen LogP contribution in [0.4, 0.5) is 0 Å². The maximum Gasteiger partial charge on any atom is 0.215 e. The summed E-state index contributed by atoms with van der Waals surface area (Å²) < 4.78 is 23.3. The Morgan fingerprint density at radius 3 is 2.28 bits per heavy atom. The van der Waals surface area contributed by atoms with Gasteiger partial charge in [-0.25, -0.2) is 0 Å². The van der Waals surface area contributed by atoms with Gasteiger partial charge in [0.2, 0.25) is 6.29 Å². The van der Waals surface area contributed by atoms with Gasteiger partial charge in [0.25, 0.3) is 0 Å². The zero-order valence-electron chi connectivity index (χ0n) is 18.9. The van der Waals surface area contributed by atoms with E-state index in [2.05, 4.69) is 10.6 Å². The van der Waals surface area contributed by atoms with Crippen molar-refractivity contribution in [3.63, 3.8) is 0 Å². The van der Waals surface area contributed by atoms with E-state index < -0.39 is 66.8 Å². The van der Waals surface area contributed by atoms with Crippen molar-refractivity contribution in [1.29, 1.82) is 0 Å². The van der Waals surface area contributed by atoms with Gasteiger partial charge in [-0.1, -0.05) is 0 Å². The summed E-state index contributed by atoms with van der Waals surface area (Å²) in [5, 5.41) is 38.0. The lowest BCUT2D eigenvalue weighted by Crippen LogP contribution is -2.68. The fourth-order valence-electron chi connectivity index (χ4n) is 4.59. The predicted molar refractivity (Wildman–Crippen MR) is 115 cm³/mol. The molecule has 2 fully saturated rings. The van der Waals surface area contributed by atoms with E-state index in [0.717, 1.165) is 0 Å². The minimum atomic E-state index is -1.29. The van der Waals surface area contributed by atoms with Crippen LogP contribution in [0.25, 0.3) is 0 Å². The third-order valence-corrected chi connectivity index (χ3v) is 6.37. The first-order valence-electron chi connectivity index (χ1n) is 11.0. The van der Waals surface area contributed by atoms with E-state index in [0.29, 0.717) is 25.1 Å². The van der Waals surface area contributed by atoms with Crippen LogP contribution < -0.4 is 27.8 Å². The Bertz CT molecular complexity index is 654. The monoisotopic (exact) mass is 461 g/mol.